The molecule has 0 fully saturated rings. The molecule has 16 heavy (non-hydrogen) atoms. The molecular formula is C14H24N2. The second-order valence-corrected chi connectivity index (χ2v) is 4.65. The second kappa shape index (κ2) is 6.02. The summed E-state index contributed by atoms with van der Waals surface area (Å²) < 4.78 is 0. The van der Waals surface area contributed by atoms with Crippen LogP contribution in [-0.2, 0) is 0 Å². The average Bonchev–Trinajstić information content (AvgIpc) is 2.30. The van der Waals surface area contributed by atoms with Crippen LogP contribution in [0.2, 0.25) is 0 Å². The topological polar surface area (TPSA) is 29.3 Å². The van der Waals surface area contributed by atoms with Crippen LogP contribution in [-0.4, -0.2) is 25.0 Å². The zero-order valence-electron chi connectivity index (χ0n) is 10.9. The maximum Gasteiger partial charge on any atom is 0.0467 e. The molecule has 0 aliphatic rings. The Bertz CT molecular complexity index is 303. The van der Waals surface area contributed by atoms with E-state index < -0.39 is 0 Å². The van der Waals surface area contributed by atoms with Crippen LogP contribution < -0.4 is 5.73 Å². The highest BCUT2D eigenvalue weighted by Crippen LogP contribution is 2.21. The summed E-state index contributed by atoms with van der Waals surface area (Å²) in [4.78, 5) is 2.28. The van der Waals surface area contributed by atoms with Gasteiger partial charge in [0, 0.05) is 12.6 Å². The molecule has 0 amide bonds. The van der Waals surface area contributed by atoms with Gasteiger partial charge in [-0.15, -0.1) is 0 Å². The van der Waals surface area contributed by atoms with Gasteiger partial charge in [-0.2, -0.15) is 0 Å². The van der Waals surface area contributed by atoms with Crippen LogP contribution in [0.25, 0.3) is 0 Å². The minimum atomic E-state index is 0.339. The van der Waals surface area contributed by atoms with E-state index >= 15 is 0 Å². The zero-order chi connectivity index (χ0) is 12.1. The molecule has 1 unspecified atom stereocenters. The Kier molecular flexibility index (Phi) is 4.97. The van der Waals surface area contributed by atoms with E-state index in [-0.39, 0.29) is 0 Å². The highest BCUT2D eigenvalue weighted by atomic mass is 15.1. The molecule has 90 valence electrons. The van der Waals surface area contributed by atoms with Gasteiger partial charge in [0.1, 0.15) is 0 Å². The van der Waals surface area contributed by atoms with Crippen LogP contribution in [0.4, 0.5) is 0 Å². The van der Waals surface area contributed by atoms with E-state index in [1.54, 1.807) is 0 Å². The lowest BCUT2D eigenvalue weighted by Crippen LogP contribution is -2.30. The number of hydrogen-bond acceptors (Lipinski definition) is 2. The third-order valence-electron chi connectivity index (χ3n) is 3.24. The van der Waals surface area contributed by atoms with Crippen LogP contribution in [0.5, 0.6) is 0 Å². The summed E-state index contributed by atoms with van der Waals surface area (Å²) in [6, 6.07) is 9.18. The predicted octanol–water partition coefficient (Wildman–Crippen LogP) is 2.76. The van der Waals surface area contributed by atoms with E-state index in [1.165, 1.54) is 11.1 Å². The molecule has 2 nitrogen and oxygen atoms in total. The number of likely N-dealkylation sites (N-methyl/N-ethyl adjacent to an activating group) is 1. The smallest absolute Gasteiger partial charge is 0.0467 e. The lowest BCUT2D eigenvalue weighted by Gasteiger charge is -2.26. The Morgan fingerprint density at radius 3 is 2.00 bits per heavy atom. The normalized spacial score (nSPS) is 13.4. The summed E-state index contributed by atoms with van der Waals surface area (Å²) in [5.41, 5.74) is 8.54. The van der Waals surface area contributed by atoms with Gasteiger partial charge in [-0.25, -0.2) is 0 Å². The summed E-state index contributed by atoms with van der Waals surface area (Å²) >= 11 is 0. The summed E-state index contributed by atoms with van der Waals surface area (Å²) in [6.45, 7) is 8.28. The molecule has 0 saturated heterocycles. The van der Waals surface area contributed by atoms with Crippen molar-refractivity contribution in [1.82, 2.24) is 4.90 Å². The standard InChI is InChI=1S/C14H24N2/c1-5-16(4)14(10-15)13-8-6-12(7-9-13)11(2)3/h6-9,11,14H,5,10,15H2,1-4H3. The first-order valence-corrected chi connectivity index (χ1v) is 6.10. The van der Waals surface area contributed by atoms with Crippen LogP contribution in [0.3, 0.4) is 0 Å². The molecule has 0 heterocycles. The molecule has 0 saturated carbocycles. The van der Waals surface area contributed by atoms with Crippen molar-refractivity contribution in [3.05, 3.63) is 35.4 Å². The van der Waals surface area contributed by atoms with Gasteiger partial charge in [-0.05, 0) is 30.6 Å². The number of nitrogens with zero attached hydrogens (tertiary/aromatic N) is 1. The summed E-state index contributed by atoms with van der Waals surface area (Å²) in [5.74, 6) is 0.592. The molecule has 2 heteroatoms. The van der Waals surface area contributed by atoms with Gasteiger partial charge in [0.15, 0.2) is 0 Å². The first-order valence-electron chi connectivity index (χ1n) is 6.10. The SMILES string of the molecule is CCN(C)C(CN)c1ccc(C(C)C)cc1. The van der Waals surface area contributed by atoms with Gasteiger partial charge >= 0.3 is 0 Å². The molecule has 1 aromatic rings. The van der Waals surface area contributed by atoms with Crippen molar-refractivity contribution in [1.29, 1.82) is 0 Å². The molecule has 0 aliphatic carbocycles. The van der Waals surface area contributed by atoms with E-state index in [9.17, 15) is 0 Å². The van der Waals surface area contributed by atoms with Gasteiger partial charge in [-0.1, -0.05) is 45.0 Å². The molecule has 0 radical (unpaired) electrons. The number of rotatable bonds is 5. The third kappa shape index (κ3) is 3.06. The highest BCUT2D eigenvalue weighted by Gasteiger charge is 2.13. The van der Waals surface area contributed by atoms with E-state index in [0.29, 0.717) is 18.5 Å². The van der Waals surface area contributed by atoms with Crippen molar-refractivity contribution >= 4 is 0 Å². The fraction of sp³-hybridized carbons (Fsp3) is 0.571. The van der Waals surface area contributed by atoms with Crippen LogP contribution in [0.1, 0.15) is 43.9 Å². The van der Waals surface area contributed by atoms with Crippen LogP contribution in [0.15, 0.2) is 24.3 Å². The van der Waals surface area contributed by atoms with Crippen molar-refractivity contribution < 1.29 is 0 Å². The Balaban J connectivity index is 2.86. The fourth-order valence-electron chi connectivity index (χ4n) is 1.89. The van der Waals surface area contributed by atoms with Gasteiger partial charge < -0.3 is 5.73 Å². The molecule has 0 aromatic heterocycles. The lowest BCUT2D eigenvalue weighted by atomic mass is 9.98. The van der Waals surface area contributed by atoms with Crippen molar-refractivity contribution in [3.63, 3.8) is 0 Å². The molecule has 0 bridgehead atoms. The maximum atomic E-state index is 5.84. The monoisotopic (exact) mass is 220 g/mol. The van der Waals surface area contributed by atoms with E-state index in [4.69, 9.17) is 5.73 Å². The van der Waals surface area contributed by atoms with Gasteiger partial charge in [0.25, 0.3) is 0 Å². The zero-order valence-corrected chi connectivity index (χ0v) is 10.9. The largest absolute Gasteiger partial charge is 0.329 e. The summed E-state index contributed by atoms with van der Waals surface area (Å²) in [5, 5.41) is 0. The predicted molar refractivity (Wildman–Crippen MR) is 70.6 cm³/mol. The Morgan fingerprint density at radius 1 is 1.12 bits per heavy atom. The summed E-state index contributed by atoms with van der Waals surface area (Å²) in [6.07, 6.45) is 0. The minimum Gasteiger partial charge on any atom is -0.329 e. The fourth-order valence-corrected chi connectivity index (χ4v) is 1.89. The quantitative estimate of drug-likeness (QED) is 0.826. The van der Waals surface area contributed by atoms with Crippen molar-refractivity contribution in [2.45, 2.75) is 32.7 Å². The lowest BCUT2D eigenvalue weighted by molar-refractivity contribution is 0.263. The van der Waals surface area contributed by atoms with E-state index in [1.807, 2.05) is 0 Å². The number of nitrogens with two attached hydrogens (primary N) is 1. The minimum absolute atomic E-state index is 0.339. The number of hydrogen-bond donors (Lipinski definition) is 1. The first kappa shape index (κ1) is 13.2. The van der Waals surface area contributed by atoms with Crippen LogP contribution >= 0.6 is 0 Å². The molecule has 0 spiro atoms. The van der Waals surface area contributed by atoms with E-state index in [0.717, 1.165) is 6.54 Å². The Morgan fingerprint density at radius 2 is 1.62 bits per heavy atom. The van der Waals surface area contributed by atoms with Gasteiger partial charge in [0.05, 0.1) is 0 Å². The summed E-state index contributed by atoms with van der Waals surface area (Å²) in [7, 11) is 2.12. The third-order valence-corrected chi connectivity index (χ3v) is 3.24. The maximum absolute atomic E-state index is 5.84. The molecule has 1 atom stereocenters. The van der Waals surface area contributed by atoms with Crippen molar-refractivity contribution in [3.8, 4) is 0 Å². The van der Waals surface area contributed by atoms with Crippen LogP contribution in [0, 0.1) is 0 Å². The molecule has 2 N–H and O–H groups in total. The van der Waals surface area contributed by atoms with Crippen molar-refractivity contribution in [2.24, 2.45) is 5.73 Å². The Hall–Kier alpha value is -0.860. The van der Waals surface area contributed by atoms with Gasteiger partial charge in [0.2, 0.25) is 0 Å². The number of benzene rings is 1. The highest BCUT2D eigenvalue weighted by molar-refractivity contribution is 5.27. The first-order chi connectivity index (χ1) is 7.60. The van der Waals surface area contributed by atoms with Gasteiger partial charge in [-0.3, -0.25) is 4.90 Å². The van der Waals surface area contributed by atoms with Crippen molar-refractivity contribution in [2.75, 3.05) is 20.1 Å². The Labute approximate surface area is 99.5 Å². The molecule has 1 aromatic carbocycles. The molecular weight excluding hydrogens is 196 g/mol. The molecule has 1 rings (SSSR count). The molecule has 0 aliphatic heterocycles. The average molecular weight is 220 g/mol. The second-order valence-electron chi connectivity index (χ2n) is 4.65. The van der Waals surface area contributed by atoms with E-state index in [2.05, 4.69) is 57.0 Å².